The number of rotatable bonds is 6. The first-order valence-electron chi connectivity index (χ1n) is 7.27. The Morgan fingerprint density at radius 1 is 1.10 bits per heavy atom. The third-order valence-electron chi connectivity index (χ3n) is 3.16. The van der Waals surface area contributed by atoms with Crippen LogP contribution in [-0.4, -0.2) is 21.5 Å². The summed E-state index contributed by atoms with van der Waals surface area (Å²) in [6, 6.07) is 4.09. The molecule has 2 aromatic rings. The summed E-state index contributed by atoms with van der Waals surface area (Å²) in [5, 5.41) is 3.41. The summed E-state index contributed by atoms with van der Waals surface area (Å²) in [4.78, 5) is 13.2. The first-order chi connectivity index (χ1) is 9.76. The van der Waals surface area contributed by atoms with E-state index < -0.39 is 0 Å². The van der Waals surface area contributed by atoms with E-state index in [0.717, 1.165) is 48.6 Å². The minimum Gasteiger partial charge on any atom is -0.370 e. The zero-order valence-corrected chi connectivity index (χ0v) is 12.5. The average Bonchev–Trinajstić information content (AvgIpc) is 2.46. The van der Waals surface area contributed by atoms with Gasteiger partial charge in [-0.25, -0.2) is 9.97 Å². The van der Waals surface area contributed by atoms with Crippen LogP contribution in [0.5, 0.6) is 0 Å². The Balaban J connectivity index is 2.45. The van der Waals surface area contributed by atoms with Gasteiger partial charge in [0.2, 0.25) is 0 Å². The number of nitrogens with one attached hydrogen (secondary N) is 1. The Bertz CT molecular complexity index is 566. The third-order valence-corrected chi connectivity index (χ3v) is 3.16. The smallest absolute Gasteiger partial charge is 0.133 e. The minimum atomic E-state index is 0.933. The lowest BCUT2D eigenvalue weighted by molar-refractivity contribution is 0.892. The van der Waals surface area contributed by atoms with Gasteiger partial charge in [-0.2, -0.15) is 0 Å². The number of hydrogen-bond acceptors (Lipinski definition) is 4. The highest BCUT2D eigenvalue weighted by molar-refractivity contribution is 5.68. The fraction of sp³-hybridized carbons (Fsp3) is 0.438. The molecule has 0 fully saturated rings. The van der Waals surface area contributed by atoms with Gasteiger partial charge in [-0.15, -0.1) is 0 Å². The normalized spacial score (nSPS) is 10.6. The number of pyridine rings is 1. The SMILES string of the molecule is CCCNc1ncnc(-c2ccnc(C)c2)c1CCC. The van der Waals surface area contributed by atoms with Gasteiger partial charge in [0.15, 0.2) is 0 Å². The summed E-state index contributed by atoms with van der Waals surface area (Å²) < 4.78 is 0. The molecule has 0 aliphatic rings. The van der Waals surface area contributed by atoms with Gasteiger partial charge in [0.25, 0.3) is 0 Å². The molecule has 20 heavy (non-hydrogen) atoms. The summed E-state index contributed by atoms with van der Waals surface area (Å²) in [6.07, 6.45) is 6.61. The van der Waals surface area contributed by atoms with Crippen molar-refractivity contribution in [1.82, 2.24) is 15.0 Å². The Morgan fingerprint density at radius 2 is 1.95 bits per heavy atom. The van der Waals surface area contributed by atoms with Crippen LogP contribution < -0.4 is 5.32 Å². The molecular weight excluding hydrogens is 248 g/mol. The predicted octanol–water partition coefficient (Wildman–Crippen LogP) is 3.62. The van der Waals surface area contributed by atoms with Gasteiger partial charge in [-0.05, 0) is 31.9 Å². The van der Waals surface area contributed by atoms with Gasteiger partial charge in [0.1, 0.15) is 12.1 Å². The van der Waals surface area contributed by atoms with Crippen molar-refractivity contribution in [3.05, 3.63) is 35.9 Å². The number of anilines is 1. The van der Waals surface area contributed by atoms with Gasteiger partial charge in [0.05, 0.1) is 5.69 Å². The van der Waals surface area contributed by atoms with E-state index >= 15 is 0 Å². The molecule has 0 radical (unpaired) electrons. The lowest BCUT2D eigenvalue weighted by Crippen LogP contribution is -2.08. The summed E-state index contributed by atoms with van der Waals surface area (Å²) in [7, 11) is 0. The summed E-state index contributed by atoms with van der Waals surface area (Å²) in [6.45, 7) is 7.27. The fourth-order valence-electron chi connectivity index (χ4n) is 2.24. The van der Waals surface area contributed by atoms with Crippen LogP contribution >= 0.6 is 0 Å². The quantitative estimate of drug-likeness (QED) is 0.871. The lowest BCUT2D eigenvalue weighted by atomic mass is 10.0. The van der Waals surface area contributed by atoms with E-state index in [1.165, 1.54) is 5.56 Å². The number of hydrogen-bond donors (Lipinski definition) is 1. The Morgan fingerprint density at radius 3 is 2.65 bits per heavy atom. The molecule has 2 aromatic heterocycles. The number of nitrogens with zero attached hydrogens (tertiary/aromatic N) is 3. The van der Waals surface area contributed by atoms with Crippen LogP contribution in [0.3, 0.4) is 0 Å². The zero-order chi connectivity index (χ0) is 14.4. The minimum absolute atomic E-state index is 0.933. The van der Waals surface area contributed by atoms with E-state index in [-0.39, 0.29) is 0 Å². The van der Waals surface area contributed by atoms with E-state index in [1.54, 1.807) is 6.33 Å². The zero-order valence-electron chi connectivity index (χ0n) is 12.5. The second kappa shape index (κ2) is 6.98. The van der Waals surface area contributed by atoms with Crippen molar-refractivity contribution < 1.29 is 0 Å². The molecule has 2 heterocycles. The van der Waals surface area contributed by atoms with Crippen LogP contribution in [0.15, 0.2) is 24.7 Å². The van der Waals surface area contributed by atoms with Crippen molar-refractivity contribution in [2.75, 3.05) is 11.9 Å². The molecule has 0 aliphatic carbocycles. The van der Waals surface area contributed by atoms with Crippen molar-refractivity contribution in [2.24, 2.45) is 0 Å². The molecule has 0 saturated carbocycles. The van der Waals surface area contributed by atoms with Crippen LogP contribution in [0.1, 0.15) is 37.9 Å². The van der Waals surface area contributed by atoms with Crippen molar-refractivity contribution in [3.8, 4) is 11.3 Å². The van der Waals surface area contributed by atoms with Crippen LogP contribution in [0.25, 0.3) is 11.3 Å². The van der Waals surface area contributed by atoms with E-state index in [2.05, 4.69) is 40.2 Å². The molecule has 0 aliphatic heterocycles. The maximum Gasteiger partial charge on any atom is 0.133 e. The van der Waals surface area contributed by atoms with Crippen LogP contribution in [0.2, 0.25) is 0 Å². The summed E-state index contributed by atoms with van der Waals surface area (Å²) >= 11 is 0. The molecule has 2 rings (SSSR count). The lowest BCUT2D eigenvalue weighted by Gasteiger charge is -2.14. The van der Waals surface area contributed by atoms with Crippen LogP contribution in [0, 0.1) is 6.92 Å². The predicted molar refractivity (Wildman–Crippen MR) is 82.8 cm³/mol. The average molecular weight is 270 g/mol. The maximum absolute atomic E-state index is 4.50. The molecule has 0 bridgehead atoms. The van der Waals surface area contributed by atoms with Gasteiger partial charge in [-0.3, -0.25) is 4.98 Å². The summed E-state index contributed by atoms with van der Waals surface area (Å²) in [5.74, 6) is 0.966. The fourth-order valence-corrected chi connectivity index (χ4v) is 2.24. The Kier molecular flexibility index (Phi) is 5.04. The monoisotopic (exact) mass is 270 g/mol. The van der Waals surface area contributed by atoms with E-state index in [1.807, 2.05) is 19.2 Å². The highest BCUT2D eigenvalue weighted by atomic mass is 15.0. The van der Waals surface area contributed by atoms with Gasteiger partial charge in [-0.1, -0.05) is 20.3 Å². The first-order valence-corrected chi connectivity index (χ1v) is 7.27. The Labute approximate surface area is 120 Å². The molecular formula is C16H22N4. The van der Waals surface area contributed by atoms with Gasteiger partial charge < -0.3 is 5.32 Å². The molecule has 0 saturated heterocycles. The molecule has 4 heteroatoms. The van der Waals surface area contributed by atoms with Crippen molar-refractivity contribution in [2.45, 2.75) is 40.0 Å². The molecule has 0 spiro atoms. The summed E-state index contributed by atoms with van der Waals surface area (Å²) in [5.41, 5.74) is 4.34. The highest BCUT2D eigenvalue weighted by Gasteiger charge is 2.12. The number of aromatic nitrogens is 3. The first kappa shape index (κ1) is 14.4. The van der Waals surface area contributed by atoms with Crippen molar-refractivity contribution >= 4 is 5.82 Å². The molecule has 106 valence electrons. The molecule has 0 amide bonds. The van der Waals surface area contributed by atoms with Crippen molar-refractivity contribution in [1.29, 1.82) is 0 Å². The molecule has 4 nitrogen and oxygen atoms in total. The molecule has 0 atom stereocenters. The molecule has 0 unspecified atom stereocenters. The molecule has 0 aromatic carbocycles. The third kappa shape index (κ3) is 3.32. The molecule has 1 N–H and O–H groups in total. The van der Waals surface area contributed by atoms with Crippen LogP contribution in [0.4, 0.5) is 5.82 Å². The topological polar surface area (TPSA) is 50.7 Å². The van der Waals surface area contributed by atoms with E-state index in [9.17, 15) is 0 Å². The van der Waals surface area contributed by atoms with Crippen LogP contribution in [-0.2, 0) is 6.42 Å². The second-order valence-corrected chi connectivity index (χ2v) is 4.91. The van der Waals surface area contributed by atoms with Gasteiger partial charge >= 0.3 is 0 Å². The Hall–Kier alpha value is -1.97. The number of aryl methyl sites for hydroxylation is 1. The second-order valence-electron chi connectivity index (χ2n) is 4.91. The standard InChI is InChI=1S/C16H22N4/c1-4-6-14-15(13-7-9-17-12(3)10-13)19-11-20-16(14)18-8-5-2/h7,9-11H,4-6,8H2,1-3H3,(H,18,19,20). The maximum atomic E-state index is 4.50. The largest absolute Gasteiger partial charge is 0.370 e. The van der Waals surface area contributed by atoms with E-state index in [0.29, 0.717) is 0 Å². The van der Waals surface area contributed by atoms with Crippen molar-refractivity contribution in [3.63, 3.8) is 0 Å². The van der Waals surface area contributed by atoms with E-state index in [4.69, 9.17) is 0 Å². The van der Waals surface area contributed by atoms with Gasteiger partial charge in [0, 0.05) is 29.6 Å². The highest BCUT2D eigenvalue weighted by Crippen LogP contribution is 2.27.